The number of carbonyl (C=O) groups is 1. The highest BCUT2D eigenvalue weighted by molar-refractivity contribution is 5.75. The van der Waals surface area contributed by atoms with Crippen molar-refractivity contribution < 1.29 is 4.79 Å². The summed E-state index contributed by atoms with van der Waals surface area (Å²) in [7, 11) is 2.19. The van der Waals surface area contributed by atoms with Crippen LogP contribution in [0.2, 0.25) is 0 Å². The zero-order chi connectivity index (χ0) is 12.0. The van der Waals surface area contributed by atoms with Crippen molar-refractivity contribution in [2.75, 3.05) is 26.7 Å². The van der Waals surface area contributed by atoms with Crippen LogP contribution in [0.25, 0.3) is 0 Å². The molecule has 0 aliphatic heterocycles. The lowest BCUT2D eigenvalue weighted by atomic mass is 10.3. The second-order valence-corrected chi connectivity index (χ2v) is 4.65. The minimum Gasteiger partial charge on any atom is -0.356 e. The Balaban J connectivity index is 1.99. The number of rotatable bonds is 8. The summed E-state index contributed by atoms with van der Waals surface area (Å²) < 4.78 is 0. The topological polar surface area (TPSA) is 44.4 Å². The van der Waals surface area contributed by atoms with E-state index >= 15 is 0 Å². The van der Waals surface area contributed by atoms with Crippen molar-refractivity contribution in [1.29, 1.82) is 0 Å². The Hall–Kier alpha value is -0.610. The van der Waals surface area contributed by atoms with Crippen LogP contribution in [0.4, 0.5) is 0 Å². The van der Waals surface area contributed by atoms with E-state index in [0.29, 0.717) is 12.5 Å². The molecular weight excluding hydrogens is 202 g/mol. The van der Waals surface area contributed by atoms with Crippen LogP contribution in [0, 0.1) is 0 Å². The molecule has 0 saturated heterocycles. The molecule has 0 bridgehead atoms. The van der Waals surface area contributed by atoms with Crippen molar-refractivity contribution in [3.8, 4) is 0 Å². The van der Waals surface area contributed by atoms with Crippen LogP contribution in [0.15, 0.2) is 0 Å². The minimum absolute atomic E-state index is 0.137. The average molecular weight is 227 g/mol. The van der Waals surface area contributed by atoms with E-state index in [9.17, 15) is 4.79 Å². The van der Waals surface area contributed by atoms with Gasteiger partial charge in [-0.25, -0.2) is 0 Å². The van der Waals surface area contributed by atoms with Crippen molar-refractivity contribution in [2.45, 2.75) is 45.2 Å². The molecule has 0 aromatic carbocycles. The molecule has 2 N–H and O–H groups in total. The first-order valence-electron chi connectivity index (χ1n) is 6.34. The number of likely N-dealkylation sites (N-methyl/N-ethyl adjacent to an activating group) is 1. The van der Waals surface area contributed by atoms with Crippen molar-refractivity contribution >= 4 is 5.91 Å². The molecule has 1 amide bonds. The second kappa shape index (κ2) is 6.86. The fourth-order valence-corrected chi connectivity index (χ4v) is 1.78. The summed E-state index contributed by atoms with van der Waals surface area (Å²) in [6.45, 7) is 6.64. The molecule has 4 heteroatoms. The average Bonchev–Trinajstić information content (AvgIpc) is 3.07. The van der Waals surface area contributed by atoms with Gasteiger partial charge in [-0.05, 0) is 33.7 Å². The highest BCUT2D eigenvalue weighted by Gasteiger charge is 2.28. The molecule has 4 nitrogen and oxygen atoms in total. The van der Waals surface area contributed by atoms with Gasteiger partial charge in [0.1, 0.15) is 0 Å². The molecule has 94 valence electrons. The van der Waals surface area contributed by atoms with Gasteiger partial charge in [-0.2, -0.15) is 0 Å². The minimum atomic E-state index is 0.137. The lowest BCUT2D eigenvalue weighted by Gasteiger charge is -2.24. The van der Waals surface area contributed by atoms with E-state index in [1.54, 1.807) is 0 Å². The highest BCUT2D eigenvalue weighted by Crippen LogP contribution is 2.26. The quantitative estimate of drug-likeness (QED) is 0.596. The van der Waals surface area contributed by atoms with Gasteiger partial charge in [0.05, 0.1) is 0 Å². The molecule has 0 spiro atoms. The third-order valence-corrected chi connectivity index (χ3v) is 3.16. The van der Waals surface area contributed by atoms with Crippen molar-refractivity contribution in [2.24, 2.45) is 0 Å². The molecule has 0 aromatic heterocycles. The smallest absolute Gasteiger partial charge is 0.221 e. The zero-order valence-corrected chi connectivity index (χ0v) is 10.8. The van der Waals surface area contributed by atoms with Gasteiger partial charge in [-0.15, -0.1) is 0 Å². The summed E-state index contributed by atoms with van der Waals surface area (Å²) in [5.74, 6) is 0.137. The molecule has 16 heavy (non-hydrogen) atoms. The summed E-state index contributed by atoms with van der Waals surface area (Å²) in [5.41, 5.74) is 0. The zero-order valence-electron chi connectivity index (χ0n) is 10.8. The monoisotopic (exact) mass is 227 g/mol. The molecule has 1 rings (SSSR count). The van der Waals surface area contributed by atoms with Crippen LogP contribution in [0.1, 0.15) is 33.1 Å². The predicted octanol–water partition coefficient (Wildman–Crippen LogP) is 0.585. The molecular formula is C12H25N3O. The van der Waals surface area contributed by atoms with Crippen LogP contribution in [0.5, 0.6) is 0 Å². The standard InChI is InChI=1S/C12H25N3O/c1-4-14-12(16)7-8-13-9-10(2)15(3)11-5-6-11/h10-11,13H,4-9H2,1-3H3,(H,14,16). The molecule has 1 atom stereocenters. The van der Waals surface area contributed by atoms with E-state index in [1.807, 2.05) is 6.92 Å². The van der Waals surface area contributed by atoms with Gasteiger partial charge in [0.2, 0.25) is 5.91 Å². The molecule has 1 unspecified atom stereocenters. The maximum absolute atomic E-state index is 11.2. The van der Waals surface area contributed by atoms with Gasteiger partial charge in [-0.1, -0.05) is 0 Å². The van der Waals surface area contributed by atoms with Gasteiger partial charge in [0.25, 0.3) is 0 Å². The fourth-order valence-electron chi connectivity index (χ4n) is 1.78. The van der Waals surface area contributed by atoms with Gasteiger partial charge in [-0.3, -0.25) is 9.69 Å². The fraction of sp³-hybridized carbons (Fsp3) is 0.917. The third kappa shape index (κ3) is 4.94. The van der Waals surface area contributed by atoms with Crippen LogP contribution >= 0.6 is 0 Å². The Kier molecular flexibility index (Phi) is 5.77. The Morgan fingerprint density at radius 3 is 2.75 bits per heavy atom. The van der Waals surface area contributed by atoms with E-state index in [0.717, 1.165) is 25.7 Å². The summed E-state index contributed by atoms with van der Waals surface area (Å²) >= 11 is 0. The number of hydrogen-bond donors (Lipinski definition) is 2. The first kappa shape index (κ1) is 13.5. The maximum Gasteiger partial charge on any atom is 0.221 e. The molecule has 0 radical (unpaired) electrons. The third-order valence-electron chi connectivity index (χ3n) is 3.16. The maximum atomic E-state index is 11.2. The van der Waals surface area contributed by atoms with Crippen LogP contribution in [-0.2, 0) is 4.79 Å². The Morgan fingerprint density at radius 1 is 1.50 bits per heavy atom. The van der Waals surface area contributed by atoms with Crippen LogP contribution in [-0.4, -0.2) is 49.6 Å². The van der Waals surface area contributed by atoms with Crippen LogP contribution in [0.3, 0.4) is 0 Å². The molecule has 1 aliphatic carbocycles. The van der Waals surface area contributed by atoms with E-state index in [1.165, 1.54) is 12.8 Å². The molecule has 1 saturated carbocycles. The van der Waals surface area contributed by atoms with E-state index < -0.39 is 0 Å². The van der Waals surface area contributed by atoms with Gasteiger partial charge in [0.15, 0.2) is 0 Å². The van der Waals surface area contributed by atoms with E-state index in [2.05, 4.69) is 29.5 Å². The predicted molar refractivity (Wildman–Crippen MR) is 66.4 cm³/mol. The lowest BCUT2D eigenvalue weighted by molar-refractivity contribution is -0.120. The Labute approximate surface area is 98.8 Å². The Morgan fingerprint density at radius 2 is 2.19 bits per heavy atom. The van der Waals surface area contributed by atoms with Gasteiger partial charge >= 0.3 is 0 Å². The summed E-state index contributed by atoms with van der Waals surface area (Å²) in [5, 5.41) is 6.13. The molecule has 1 aliphatic rings. The number of carbonyl (C=O) groups excluding carboxylic acids is 1. The van der Waals surface area contributed by atoms with E-state index in [4.69, 9.17) is 0 Å². The van der Waals surface area contributed by atoms with E-state index in [-0.39, 0.29) is 5.91 Å². The lowest BCUT2D eigenvalue weighted by Crippen LogP contribution is -2.40. The van der Waals surface area contributed by atoms with Crippen molar-refractivity contribution in [3.63, 3.8) is 0 Å². The normalized spacial score (nSPS) is 17.5. The summed E-state index contributed by atoms with van der Waals surface area (Å²) in [6, 6.07) is 1.36. The van der Waals surface area contributed by atoms with Gasteiger partial charge < -0.3 is 10.6 Å². The van der Waals surface area contributed by atoms with Gasteiger partial charge in [0, 0.05) is 38.1 Å². The van der Waals surface area contributed by atoms with Crippen molar-refractivity contribution in [1.82, 2.24) is 15.5 Å². The first-order valence-corrected chi connectivity index (χ1v) is 6.34. The first-order chi connectivity index (χ1) is 7.65. The SMILES string of the molecule is CCNC(=O)CCNCC(C)N(C)C1CC1. The number of hydrogen-bond acceptors (Lipinski definition) is 3. The molecule has 0 heterocycles. The highest BCUT2D eigenvalue weighted by atomic mass is 16.1. The number of nitrogens with zero attached hydrogens (tertiary/aromatic N) is 1. The molecule has 0 aromatic rings. The summed E-state index contributed by atoms with van der Waals surface area (Å²) in [4.78, 5) is 13.6. The Bertz CT molecular complexity index is 216. The molecule has 1 fully saturated rings. The summed E-state index contributed by atoms with van der Waals surface area (Å²) in [6.07, 6.45) is 3.27. The van der Waals surface area contributed by atoms with Crippen molar-refractivity contribution in [3.05, 3.63) is 0 Å². The largest absolute Gasteiger partial charge is 0.356 e. The number of amides is 1. The number of nitrogens with one attached hydrogen (secondary N) is 2. The van der Waals surface area contributed by atoms with Crippen LogP contribution < -0.4 is 10.6 Å². The second-order valence-electron chi connectivity index (χ2n) is 4.65.